The van der Waals surface area contributed by atoms with Gasteiger partial charge in [-0.3, -0.25) is 0 Å². The van der Waals surface area contributed by atoms with Crippen LogP contribution in [0.1, 0.15) is 26.2 Å². The van der Waals surface area contributed by atoms with Gasteiger partial charge in [0.25, 0.3) is 0 Å². The molecule has 2 atom stereocenters. The van der Waals surface area contributed by atoms with Crippen molar-refractivity contribution < 1.29 is 0 Å². The monoisotopic (exact) mass is 135 g/mol. The minimum Gasteiger partial charge on any atom is -0.327 e. The van der Waals surface area contributed by atoms with Crippen molar-refractivity contribution in [3.8, 4) is 0 Å². The van der Waals surface area contributed by atoms with Crippen LogP contribution in [-0.4, -0.2) is 6.04 Å². The Morgan fingerprint density at radius 1 is 1.38 bits per heavy atom. The summed E-state index contributed by atoms with van der Waals surface area (Å²) in [6, 6.07) is 0.514. The minimum absolute atomic E-state index is 0. The lowest BCUT2D eigenvalue weighted by atomic mass is 10.1. The van der Waals surface area contributed by atoms with Gasteiger partial charge in [-0.15, -0.1) is 12.4 Å². The molecule has 1 fully saturated rings. The third-order valence-electron chi connectivity index (χ3n) is 1.93. The lowest BCUT2D eigenvalue weighted by Gasteiger charge is -2.05. The molecule has 1 aliphatic rings. The lowest BCUT2D eigenvalue weighted by Crippen LogP contribution is -2.21. The van der Waals surface area contributed by atoms with Gasteiger partial charge >= 0.3 is 0 Å². The molecule has 2 N–H and O–H groups in total. The molecule has 0 aliphatic heterocycles. The molecule has 0 aromatic heterocycles. The first-order valence-electron chi connectivity index (χ1n) is 3.06. The van der Waals surface area contributed by atoms with Gasteiger partial charge in [0.15, 0.2) is 0 Å². The van der Waals surface area contributed by atoms with Crippen LogP contribution in [0.2, 0.25) is 0 Å². The van der Waals surface area contributed by atoms with Crippen molar-refractivity contribution in [2.45, 2.75) is 32.2 Å². The first-order chi connectivity index (χ1) is 3.30. The molecule has 8 heavy (non-hydrogen) atoms. The van der Waals surface area contributed by atoms with Crippen molar-refractivity contribution in [2.75, 3.05) is 0 Å². The Balaban J connectivity index is 0.000000490. The maximum Gasteiger partial charge on any atom is 0.00645 e. The SMILES string of the molecule is C[C@@H]1CCC[C@@H]1N.Cl. The van der Waals surface area contributed by atoms with E-state index in [9.17, 15) is 0 Å². The molecule has 0 unspecified atom stereocenters. The molecule has 50 valence electrons. The lowest BCUT2D eigenvalue weighted by molar-refractivity contribution is 0.527. The van der Waals surface area contributed by atoms with E-state index < -0.39 is 0 Å². The first kappa shape index (κ1) is 8.25. The predicted molar refractivity (Wildman–Crippen MR) is 38.2 cm³/mol. The molecule has 0 radical (unpaired) electrons. The molecule has 1 nitrogen and oxygen atoms in total. The molecule has 0 spiro atoms. The summed E-state index contributed by atoms with van der Waals surface area (Å²) in [6.07, 6.45) is 3.95. The fraction of sp³-hybridized carbons (Fsp3) is 1.00. The second kappa shape index (κ2) is 3.31. The fourth-order valence-electron chi connectivity index (χ4n) is 1.17. The van der Waals surface area contributed by atoms with E-state index in [1.165, 1.54) is 19.3 Å². The van der Waals surface area contributed by atoms with Crippen molar-refractivity contribution in [3.05, 3.63) is 0 Å². The van der Waals surface area contributed by atoms with Gasteiger partial charge in [0.05, 0.1) is 0 Å². The normalized spacial score (nSPS) is 36.8. The summed E-state index contributed by atoms with van der Waals surface area (Å²) in [5.41, 5.74) is 5.68. The Kier molecular flexibility index (Phi) is 3.41. The highest BCUT2D eigenvalue weighted by molar-refractivity contribution is 5.85. The second-order valence-corrected chi connectivity index (χ2v) is 2.57. The van der Waals surface area contributed by atoms with Gasteiger partial charge in [-0.25, -0.2) is 0 Å². The summed E-state index contributed by atoms with van der Waals surface area (Å²) >= 11 is 0. The standard InChI is InChI=1S/C6H13N.ClH/c1-5-3-2-4-6(5)7;/h5-6H,2-4,7H2,1H3;1H/t5-,6+;/m1./s1. The van der Waals surface area contributed by atoms with Crippen LogP contribution < -0.4 is 5.73 Å². The van der Waals surface area contributed by atoms with Crippen LogP contribution in [-0.2, 0) is 0 Å². The summed E-state index contributed by atoms with van der Waals surface area (Å²) in [6.45, 7) is 2.23. The average molecular weight is 136 g/mol. The first-order valence-corrected chi connectivity index (χ1v) is 3.06. The van der Waals surface area contributed by atoms with E-state index in [4.69, 9.17) is 5.73 Å². The molecule has 0 amide bonds. The van der Waals surface area contributed by atoms with E-state index in [0.29, 0.717) is 6.04 Å². The van der Waals surface area contributed by atoms with Gasteiger partial charge in [-0.1, -0.05) is 13.3 Å². The van der Waals surface area contributed by atoms with Gasteiger partial charge in [0.1, 0.15) is 0 Å². The zero-order chi connectivity index (χ0) is 5.28. The molecule has 0 aromatic rings. The molecule has 0 heterocycles. The van der Waals surface area contributed by atoms with Crippen molar-refractivity contribution >= 4 is 12.4 Å². The van der Waals surface area contributed by atoms with E-state index in [1.54, 1.807) is 0 Å². The zero-order valence-corrected chi connectivity index (χ0v) is 6.08. The summed E-state index contributed by atoms with van der Waals surface area (Å²) in [7, 11) is 0. The molecule has 2 heteroatoms. The van der Waals surface area contributed by atoms with Crippen LogP contribution in [0.15, 0.2) is 0 Å². The summed E-state index contributed by atoms with van der Waals surface area (Å²) in [4.78, 5) is 0. The van der Waals surface area contributed by atoms with Gasteiger partial charge < -0.3 is 5.73 Å². The van der Waals surface area contributed by atoms with E-state index in [0.717, 1.165) is 5.92 Å². The molecule has 1 saturated carbocycles. The van der Waals surface area contributed by atoms with Gasteiger partial charge in [-0.2, -0.15) is 0 Å². The number of halogens is 1. The van der Waals surface area contributed by atoms with E-state index in [2.05, 4.69) is 6.92 Å². The van der Waals surface area contributed by atoms with E-state index in [-0.39, 0.29) is 12.4 Å². The van der Waals surface area contributed by atoms with Crippen LogP contribution in [0.3, 0.4) is 0 Å². The Morgan fingerprint density at radius 2 is 2.00 bits per heavy atom. The van der Waals surface area contributed by atoms with Crippen LogP contribution in [0, 0.1) is 5.92 Å². The molecule has 0 bridgehead atoms. The second-order valence-electron chi connectivity index (χ2n) is 2.57. The van der Waals surface area contributed by atoms with Crippen molar-refractivity contribution in [1.82, 2.24) is 0 Å². The number of hydrogen-bond acceptors (Lipinski definition) is 1. The van der Waals surface area contributed by atoms with Gasteiger partial charge in [-0.05, 0) is 18.8 Å². The molecule has 0 aromatic carbocycles. The fourth-order valence-corrected chi connectivity index (χ4v) is 1.17. The summed E-state index contributed by atoms with van der Waals surface area (Å²) in [5.74, 6) is 0.792. The van der Waals surface area contributed by atoms with Crippen LogP contribution in [0.5, 0.6) is 0 Å². The topological polar surface area (TPSA) is 26.0 Å². The van der Waals surface area contributed by atoms with Crippen LogP contribution in [0.4, 0.5) is 0 Å². The van der Waals surface area contributed by atoms with Crippen LogP contribution in [0.25, 0.3) is 0 Å². The zero-order valence-electron chi connectivity index (χ0n) is 5.26. The number of rotatable bonds is 0. The number of nitrogens with two attached hydrogens (primary N) is 1. The average Bonchev–Trinajstić information content (AvgIpc) is 1.91. The molecular formula is C6H14ClN. The third-order valence-corrected chi connectivity index (χ3v) is 1.93. The van der Waals surface area contributed by atoms with Crippen molar-refractivity contribution in [3.63, 3.8) is 0 Å². The molecule has 1 rings (SSSR count). The summed E-state index contributed by atoms with van der Waals surface area (Å²) < 4.78 is 0. The predicted octanol–water partition coefficient (Wildman–Crippen LogP) is 1.56. The van der Waals surface area contributed by atoms with E-state index >= 15 is 0 Å². The van der Waals surface area contributed by atoms with Gasteiger partial charge in [0.2, 0.25) is 0 Å². The maximum atomic E-state index is 5.68. The van der Waals surface area contributed by atoms with Crippen molar-refractivity contribution in [1.29, 1.82) is 0 Å². The molecule has 1 aliphatic carbocycles. The Hall–Kier alpha value is 0.250. The third kappa shape index (κ3) is 1.64. The number of hydrogen-bond donors (Lipinski definition) is 1. The van der Waals surface area contributed by atoms with Crippen molar-refractivity contribution in [2.24, 2.45) is 11.7 Å². The maximum absolute atomic E-state index is 5.68. The Bertz CT molecular complexity index is 57.5. The highest BCUT2D eigenvalue weighted by Crippen LogP contribution is 2.22. The Labute approximate surface area is 57.1 Å². The Morgan fingerprint density at radius 3 is 2.12 bits per heavy atom. The highest BCUT2D eigenvalue weighted by atomic mass is 35.5. The van der Waals surface area contributed by atoms with Crippen LogP contribution >= 0.6 is 12.4 Å². The molecular weight excluding hydrogens is 122 g/mol. The highest BCUT2D eigenvalue weighted by Gasteiger charge is 2.18. The van der Waals surface area contributed by atoms with E-state index in [1.807, 2.05) is 0 Å². The molecule has 0 saturated heterocycles. The van der Waals surface area contributed by atoms with Gasteiger partial charge in [0, 0.05) is 6.04 Å². The smallest absolute Gasteiger partial charge is 0.00645 e. The summed E-state index contributed by atoms with van der Waals surface area (Å²) in [5, 5.41) is 0. The minimum atomic E-state index is 0. The quantitative estimate of drug-likeness (QED) is 0.536. The largest absolute Gasteiger partial charge is 0.327 e.